The standard InChI is InChI=1S/C15H13NO4/c1-9-6-11(2-4-13(9)15(19)20)16-8-10-7-12(17)3-5-14(10)18/h2-7,16H,8H2,1H3,(H,19,20). The number of benzene rings is 1. The van der Waals surface area contributed by atoms with Gasteiger partial charge < -0.3 is 10.4 Å². The summed E-state index contributed by atoms with van der Waals surface area (Å²) >= 11 is 0. The predicted octanol–water partition coefficient (Wildman–Crippen LogP) is 1.74. The Hall–Kier alpha value is -2.69. The Morgan fingerprint density at radius 3 is 2.65 bits per heavy atom. The second kappa shape index (κ2) is 5.52. The van der Waals surface area contributed by atoms with Crippen molar-refractivity contribution in [3.05, 3.63) is 53.1 Å². The number of nitrogens with one attached hydrogen (secondary N) is 1. The van der Waals surface area contributed by atoms with Gasteiger partial charge in [0.2, 0.25) is 0 Å². The first-order chi connectivity index (χ1) is 9.47. The Bertz CT molecular complexity index is 656. The van der Waals surface area contributed by atoms with E-state index in [1.165, 1.54) is 24.3 Å². The van der Waals surface area contributed by atoms with E-state index in [0.29, 0.717) is 16.8 Å². The zero-order chi connectivity index (χ0) is 14.7. The zero-order valence-corrected chi connectivity index (χ0v) is 10.8. The van der Waals surface area contributed by atoms with Crippen LogP contribution in [0.5, 0.6) is 0 Å². The fraction of sp³-hybridized carbons (Fsp3) is 0.133. The van der Waals surface area contributed by atoms with E-state index in [1.54, 1.807) is 19.1 Å². The van der Waals surface area contributed by atoms with Crippen LogP contribution in [0.2, 0.25) is 0 Å². The minimum atomic E-state index is -0.977. The maximum absolute atomic E-state index is 11.5. The molecule has 0 saturated carbocycles. The number of carbonyl (C=O) groups excluding carboxylic acids is 2. The van der Waals surface area contributed by atoms with E-state index < -0.39 is 5.97 Å². The largest absolute Gasteiger partial charge is 0.478 e. The van der Waals surface area contributed by atoms with Gasteiger partial charge in [0.25, 0.3) is 0 Å². The molecule has 0 aromatic heterocycles. The van der Waals surface area contributed by atoms with Crippen LogP contribution >= 0.6 is 0 Å². The van der Waals surface area contributed by atoms with Gasteiger partial charge in [0.05, 0.1) is 5.56 Å². The summed E-state index contributed by atoms with van der Waals surface area (Å²) in [6.07, 6.45) is 3.78. The highest BCUT2D eigenvalue weighted by Gasteiger charge is 2.13. The second-order valence-corrected chi connectivity index (χ2v) is 4.46. The van der Waals surface area contributed by atoms with E-state index in [-0.39, 0.29) is 23.7 Å². The third-order valence-electron chi connectivity index (χ3n) is 2.97. The van der Waals surface area contributed by atoms with Crippen LogP contribution in [0, 0.1) is 6.92 Å². The second-order valence-electron chi connectivity index (χ2n) is 4.46. The summed E-state index contributed by atoms with van der Waals surface area (Å²) in [5.74, 6) is -1.38. The molecule has 2 N–H and O–H groups in total. The number of anilines is 1. The molecule has 0 fully saturated rings. The molecule has 0 aliphatic heterocycles. The third kappa shape index (κ3) is 3.00. The van der Waals surface area contributed by atoms with Gasteiger partial charge in [0.1, 0.15) is 0 Å². The number of aryl methyl sites for hydroxylation is 1. The molecule has 1 aliphatic carbocycles. The lowest BCUT2D eigenvalue weighted by Gasteiger charge is -2.11. The molecule has 0 saturated heterocycles. The summed E-state index contributed by atoms with van der Waals surface area (Å²) in [5.41, 5.74) is 1.95. The number of aromatic carboxylic acids is 1. The predicted molar refractivity (Wildman–Crippen MR) is 73.9 cm³/mol. The molecule has 5 heteroatoms. The van der Waals surface area contributed by atoms with Gasteiger partial charge in [-0.05, 0) is 48.9 Å². The number of carboxylic acids is 1. The van der Waals surface area contributed by atoms with Crippen molar-refractivity contribution in [2.75, 3.05) is 11.9 Å². The van der Waals surface area contributed by atoms with E-state index in [1.807, 2.05) is 0 Å². The lowest BCUT2D eigenvalue weighted by atomic mass is 10.0. The van der Waals surface area contributed by atoms with Crippen LogP contribution in [-0.4, -0.2) is 29.2 Å². The molecule has 0 bridgehead atoms. The molecule has 1 aliphatic rings. The Morgan fingerprint density at radius 1 is 1.25 bits per heavy atom. The van der Waals surface area contributed by atoms with Gasteiger partial charge in [-0.1, -0.05) is 0 Å². The van der Waals surface area contributed by atoms with Crippen LogP contribution in [-0.2, 0) is 9.59 Å². The molecule has 0 spiro atoms. The van der Waals surface area contributed by atoms with Crippen LogP contribution in [0.1, 0.15) is 15.9 Å². The quantitative estimate of drug-likeness (QED) is 0.815. The van der Waals surface area contributed by atoms with Gasteiger partial charge in [-0.15, -0.1) is 0 Å². The van der Waals surface area contributed by atoms with Gasteiger partial charge in [-0.3, -0.25) is 9.59 Å². The van der Waals surface area contributed by atoms with Gasteiger partial charge in [-0.25, -0.2) is 4.79 Å². The first-order valence-electron chi connectivity index (χ1n) is 6.02. The summed E-state index contributed by atoms with van der Waals surface area (Å²) in [4.78, 5) is 33.6. The van der Waals surface area contributed by atoms with E-state index in [9.17, 15) is 14.4 Å². The highest BCUT2D eigenvalue weighted by atomic mass is 16.4. The Kier molecular flexibility index (Phi) is 3.79. The van der Waals surface area contributed by atoms with Gasteiger partial charge in [0, 0.05) is 17.8 Å². The fourth-order valence-electron chi connectivity index (χ4n) is 1.90. The summed E-state index contributed by atoms with van der Waals surface area (Å²) in [6.45, 7) is 1.92. The van der Waals surface area contributed by atoms with Crippen LogP contribution in [0.25, 0.3) is 0 Å². The Labute approximate surface area is 115 Å². The molecule has 102 valence electrons. The Balaban J connectivity index is 2.08. The molecule has 2 rings (SSSR count). The lowest BCUT2D eigenvalue weighted by Crippen LogP contribution is -2.16. The smallest absolute Gasteiger partial charge is 0.335 e. The van der Waals surface area contributed by atoms with Crippen molar-refractivity contribution in [3.8, 4) is 0 Å². The van der Waals surface area contributed by atoms with E-state index in [0.717, 1.165) is 0 Å². The number of hydrogen-bond donors (Lipinski definition) is 2. The highest BCUT2D eigenvalue weighted by molar-refractivity contribution is 6.17. The average molecular weight is 271 g/mol. The summed E-state index contributed by atoms with van der Waals surface area (Å²) < 4.78 is 0. The fourth-order valence-corrected chi connectivity index (χ4v) is 1.90. The topological polar surface area (TPSA) is 83.5 Å². The van der Waals surface area contributed by atoms with Gasteiger partial charge in [0.15, 0.2) is 11.6 Å². The number of carboxylic acid groups (broad SMARTS) is 1. The number of allylic oxidation sites excluding steroid dienone is 3. The lowest BCUT2D eigenvalue weighted by molar-refractivity contribution is -0.114. The summed E-state index contributed by atoms with van der Waals surface area (Å²) in [7, 11) is 0. The van der Waals surface area contributed by atoms with Crippen LogP contribution < -0.4 is 5.32 Å². The maximum Gasteiger partial charge on any atom is 0.335 e. The highest BCUT2D eigenvalue weighted by Crippen LogP contribution is 2.16. The summed E-state index contributed by atoms with van der Waals surface area (Å²) in [5, 5.41) is 11.9. The van der Waals surface area contributed by atoms with Gasteiger partial charge >= 0.3 is 5.97 Å². The van der Waals surface area contributed by atoms with Crippen molar-refractivity contribution in [1.29, 1.82) is 0 Å². The van der Waals surface area contributed by atoms with E-state index >= 15 is 0 Å². The van der Waals surface area contributed by atoms with Crippen molar-refractivity contribution in [3.63, 3.8) is 0 Å². The van der Waals surface area contributed by atoms with E-state index in [2.05, 4.69) is 5.32 Å². The first-order valence-corrected chi connectivity index (χ1v) is 6.02. The molecular weight excluding hydrogens is 258 g/mol. The SMILES string of the molecule is Cc1cc(NCC2=CC(=O)C=CC2=O)ccc1C(=O)O. The summed E-state index contributed by atoms with van der Waals surface area (Å²) in [6, 6.07) is 4.82. The molecule has 0 unspecified atom stereocenters. The van der Waals surface area contributed by atoms with Crippen molar-refractivity contribution in [2.24, 2.45) is 0 Å². The molecular formula is C15H13NO4. The van der Waals surface area contributed by atoms with Gasteiger partial charge in [-0.2, -0.15) is 0 Å². The molecule has 1 aromatic rings. The number of carbonyl (C=O) groups is 3. The van der Waals surface area contributed by atoms with Crippen molar-refractivity contribution < 1.29 is 19.5 Å². The average Bonchev–Trinajstić information content (AvgIpc) is 2.39. The monoisotopic (exact) mass is 271 g/mol. The van der Waals surface area contributed by atoms with Crippen LogP contribution in [0.3, 0.4) is 0 Å². The minimum absolute atomic E-state index is 0.198. The van der Waals surface area contributed by atoms with Crippen molar-refractivity contribution in [2.45, 2.75) is 6.92 Å². The molecule has 5 nitrogen and oxygen atoms in total. The molecule has 0 atom stereocenters. The maximum atomic E-state index is 11.5. The zero-order valence-electron chi connectivity index (χ0n) is 10.8. The number of rotatable bonds is 4. The van der Waals surface area contributed by atoms with Crippen LogP contribution in [0.15, 0.2) is 42.0 Å². The molecule has 20 heavy (non-hydrogen) atoms. The normalized spacial score (nSPS) is 14.2. The van der Waals surface area contributed by atoms with Crippen molar-refractivity contribution in [1.82, 2.24) is 0 Å². The van der Waals surface area contributed by atoms with Crippen LogP contribution in [0.4, 0.5) is 5.69 Å². The molecule has 0 amide bonds. The number of ketones is 2. The first kappa shape index (κ1) is 13.7. The number of hydrogen-bond acceptors (Lipinski definition) is 4. The Morgan fingerprint density at radius 2 is 2.00 bits per heavy atom. The molecule has 0 heterocycles. The van der Waals surface area contributed by atoms with E-state index in [4.69, 9.17) is 5.11 Å². The molecule has 1 aromatic carbocycles. The van der Waals surface area contributed by atoms with Crippen molar-refractivity contribution >= 4 is 23.2 Å². The molecule has 0 radical (unpaired) electrons. The third-order valence-corrected chi connectivity index (χ3v) is 2.97. The minimum Gasteiger partial charge on any atom is -0.478 e.